The van der Waals surface area contributed by atoms with Gasteiger partial charge in [-0.05, 0) is 81.5 Å². The zero-order valence-corrected chi connectivity index (χ0v) is 25.2. The van der Waals surface area contributed by atoms with Gasteiger partial charge in [0.25, 0.3) is 0 Å². The summed E-state index contributed by atoms with van der Waals surface area (Å²) in [4.78, 5) is 41.1. The number of benzene rings is 2. The molecule has 2 aromatic carbocycles. The molecule has 0 saturated carbocycles. The van der Waals surface area contributed by atoms with Gasteiger partial charge in [-0.2, -0.15) is 9.97 Å². The number of halogens is 2. The molecule has 2 amide bonds. The third-order valence-electron chi connectivity index (χ3n) is 5.86. The van der Waals surface area contributed by atoms with Crippen LogP contribution in [0.5, 0.6) is 6.01 Å². The van der Waals surface area contributed by atoms with E-state index in [1.54, 1.807) is 65.0 Å². The predicted molar refractivity (Wildman–Crippen MR) is 153 cm³/mol. The summed E-state index contributed by atoms with van der Waals surface area (Å²) in [6, 6.07) is 9.02. The number of imide groups is 1. The van der Waals surface area contributed by atoms with Gasteiger partial charge >= 0.3 is 12.1 Å². The first-order valence-corrected chi connectivity index (χ1v) is 13.3. The Morgan fingerprint density at radius 2 is 1.65 bits per heavy atom. The summed E-state index contributed by atoms with van der Waals surface area (Å²) in [5.41, 5.74) is 0.933. The standard InChI is InChI=1S/C30H36ClFN4O4/c1-17-14-20(11-13-23(17)32)25-33-26(35-27(34-25)39-9)21-15-19(10-12-22(21)31)18(2)36(24(37)16-29(3,4)5)28(38)40-30(6,7)8/h10-15,18H,16H2,1-9H3. The molecule has 0 radical (unpaired) electrons. The molecule has 214 valence electrons. The summed E-state index contributed by atoms with van der Waals surface area (Å²) < 4.78 is 24.8. The summed E-state index contributed by atoms with van der Waals surface area (Å²) in [5, 5.41) is 0.343. The number of carbonyl (C=O) groups excluding carboxylic acids is 2. The Kier molecular flexibility index (Phi) is 9.19. The second-order valence-electron chi connectivity index (χ2n) is 11.8. The van der Waals surface area contributed by atoms with Crippen LogP contribution in [-0.4, -0.2) is 44.6 Å². The van der Waals surface area contributed by atoms with Crippen molar-refractivity contribution in [2.24, 2.45) is 5.41 Å². The van der Waals surface area contributed by atoms with Crippen LogP contribution in [0.2, 0.25) is 5.02 Å². The van der Waals surface area contributed by atoms with Crippen LogP contribution in [0.1, 0.15) is 72.1 Å². The van der Waals surface area contributed by atoms with Gasteiger partial charge < -0.3 is 9.47 Å². The van der Waals surface area contributed by atoms with Gasteiger partial charge in [-0.3, -0.25) is 4.79 Å². The minimum Gasteiger partial charge on any atom is -0.467 e. The van der Waals surface area contributed by atoms with Crippen molar-refractivity contribution in [3.8, 4) is 28.8 Å². The van der Waals surface area contributed by atoms with E-state index in [0.29, 0.717) is 27.3 Å². The molecule has 3 aromatic rings. The minimum absolute atomic E-state index is 0.0484. The Balaban J connectivity index is 2.10. The van der Waals surface area contributed by atoms with Gasteiger partial charge in [0.1, 0.15) is 11.4 Å². The van der Waals surface area contributed by atoms with Gasteiger partial charge in [-0.25, -0.2) is 19.1 Å². The topological polar surface area (TPSA) is 94.5 Å². The number of rotatable bonds is 6. The quantitative estimate of drug-likeness (QED) is 0.301. The van der Waals surface area contributed by atoms with E-state index in [4.69, 9.17) is 21.1 Å². The zero-order valence-electron chi connectivity index (χ0n) is 24.4. The first-order valence-electron chi connectivity index (χ1n) is 12.9. The average Bonchev–Trinajstić information content (AvgIpc) is 2.83. The fraction of sp³-hybridized carbons (Fsp3) is 0.433. The van der Waals surface area contributed by atoms with Gasteiger partial charge in [-0.1, -0.05) is 38.4 Å². The molecule has 3 rings (SSSR count). The zero-order chi connectivity index (χ0) is 30.0. The number of aromatic nitrogens is 3. The molecule has 0 saturated heterocycles. The molecule has 0 N–H and O–H groups in total. The summed E-state index contributed by atoms with van der Waals surface area (Å²) in [6.07, 6.45) is -0.594. The number of ether oxygens (including phenoxy) is 2. The number of amides is 2. The monoisotopic (exact) mass is 570 g/mol. The lowest BCUT2D eigenvalue weighted by atomic mass is 9.91. The lowest BCUT2D eigenvalue weighted by molar-refractivity contribution is -0.134. The maximum atomic E-state index is 13.9. The molecule has 1 aromatic heterocycles. The second kappa shape index (κ2) is 11.9. The van der Waals surface area contributed by atoms with E-state index in [1.165, 1.54) is 13.2 Å². The van der Waals surface area contributed by atoms with Crippen LogP contribution in [0.3, 0.4) is 0 Å². The molecule has 0 bridgehead atoms. The molecule has 10 heteroatoms. The van der Waals surface area contributed by atoms with Gasteiger partial charge in [0.05, 0.1) is 18.2 Å². The minimum atomic E-state index is -0.793. The largest absolute Gasteiger partial charge is 0.467 e. The molecule has 0 aliphatic heterocycles. The van der Waals surface area contributed by atoms with Crippen molar-refractivity contribution in [3.63, 3.8) is 0 Å². The highest BCUT2D eigenvalue weighted by Crippen LogP contribution is 2.34. The normalized spacial score (nSPS) is 12.6. The van der Waals surface area contributed by atoms with Crippen LogP contribution >= 0.6 is 11.6 Å². The van der Waals surface area contributed by atoms with E-state index in [2.05, 4.69) is 15.0 Å². The maximum Gasteiger partial charge on any atom is 0.417 e. The highest BCUT2D eigenvalue weighted by molar-refractivity contribution is 6.33. The highest BCUT2D eigenvalue weighted by atomic mass is 35.5. The molecule has 8 nitrogen and oxygen atoms in total. The fourth-order valence-electron chi connectivity index (χ4n) is 3.93. The number of nitrogens with zero attached hydrogens (tertiary/aromatic N) is 4. The van der Waals surface area contributed by atoms with E-state index in [-0.39, 0.29) is 41.2 Å². The second-order valence-corrected chi connectivity index (χ2v) is 12.2. The van der Waals surface area contributed by atoms with Gasteiger partial charge in [0.2, 0.25) is 5.91 Å². The van der Waals surface area contributed by atoms with Crippen LogP contribution in [-0.2, 0) is 9.53 Å². The Hall–Kier alpha value is -3.59. The van der Waals surface area contributed by atoms with E-state index >= 15 is 0 Å². The first kappa shape index (κ1) is 30.9. The number of hydrogen-bond acceptors (Lipinski definition) is 7. The number of aryl methyl sites for hydroxylation is 1. The Labute approximate surface area is 239 Å². The third-order valence-corrected chi connectivity index (χ3v) is 6.18. The molecule has 1 atom stereocenters. The van der Waals surface area contributed by atoms with E-state index in [1.807, 2.05) is 20.8 Å². The van der Waals surface area contributed by atoms with Crippen molar-refractivity contribution in [2.45, 2.75) is 73.5 Å². The molecule has 1 heterocycles. The SMILES string of the molecule is COc1nc(-c2ccc(F)c(C)c2)nc(-c2cc(C(C)N(C(=O)CC(C)(C)C)C(=O)OC(C)(C)C)ccc2Cl)n1. The van der Waals surface area contributed by atoms with E-state index < -0.39 is 17.7 Å². The van der Waals surface area contributed by atoms with Gasteiger partial charge in [0, 0.05) is 17.5 Å². The third kappa shape index (κ3) is 7.75. The first-order chi connectivity index (χ1) is 18.5. The van der Waals surface area contributed by atoms with Crippen LogP contribution in [0.15, 0.2) is 36.4 Å². The van der Waals surface area contributed by atoms with Crippen LogP contribution in [0.25, 0.3) is 22.8 Å². The molecule has 0 aliphatic rings. The number of hydrogen-bond donors (Lipinski definition) is 0. The smallest absolute Gasteiger partial charge is 0.417 e. The summed E-state index contributed by atoms with van der Waals surface area (Å²) in [6.45, 7) is 14.4. The van der Waals surface area contributed by atoms with Gasteiger partial charge in [-0.15, -0.1) is 0 Å². The number of carbonyl (C=O) groups is 2. The Bertz CT molecular complexity index is 1390. The Morgan fingerprint density at radius 1 is 1.00 bits per heavy atom. The van der Waals surface area contributed by atoms with Crippen molar-refractivity contribution in [2.75, 3.05) is 7.11 Å². The Morgan fingerprint density at radius 3 is 2.23 bits per heavy atom. The summed E-state index contributed by atoms with van der Waals surface area (Å²) in [5.74, 6) is -0.213. The predicted octanol–water partition coefficient (Wildman–Crippen LogP) is 7.58. The lowest BCUT2D eigenvalue weighted by Gasteiger charge is -2.32. The molecular formula is C30H36ClFN4O4. The van der Waals surface area contributed by atoms with Crippen molar-refractivity contribution in [3.05, 3.63) is 58.4 Å². The van der Waals surface area contributed by atoms with Crippen molar-refractivity contribution >= 4 is 23.6 Å². The average molecular weight is 571 g/mol. The molecule has 0 spiro atoms. The maximum absolute atomic E-state index is 13.9. The van der Waals surface area contributed by atoms with E-state index in [9.17, 15) is 14.0 Å². The highest BCUT2D eigenvalue weighted by Gasteiger charge is 2.34. The molecule has 0 fully saturated rings. The molecule has 1 unspecified atom stereocenters. The van der Waals surface area contributed by atoms with E-state index in [0.717, 1.165) is 4.90 Å². The van der Waals surface area contributed by atoms with Gasteiger partial charge in [0.15, 0.2) is 11.6 Å². The van der Waals surface area contributed by atoms with Crippen LogP contribution < -0.4 is 4.74 Å². The summed E-state index contributed by atoms with van der Waals surface area (Å²) in [7, 11) is 1.43. The van der Waals surface area contributed by atoms with Crippen LogP contribution in [0.4, 0.5) is 9.18 Å². The number of methoxy groups -OCH3 is 1. The summed E-state index contributed by atoms with van der Waals surface area (Å²) >= 11 is 6.59. The fourth-order valence-corrected chi connectivity index (χ4v) is 4.13. The van der Waals surface area contributed by atoms with Crippen molar-refractivity contribution in [1.82, 2.24) is 19.9 Å². The molecular weight excluding hydrogens is 535 g/mol. The molecule has 0 aliphatic carbocycles. The van der Waals surface area contributed by atoms with Crippen molar-refractivity contribution < 1.29 is 23.5 Å². The lowest BCUT2D eigenvalue weighted by Crippen LogP contribution is -2.43. The van der Waals surface area contributed by atoms with Crippen molar-refractivity contribution in [1.29, 1.82) is 0 Å². The van der Waals surface area contributed by atoms with Crippen LogP contribution in [0, 0.1) is 18.2 Å². The molecule has 40 heavy (non-hydrogen) atoms.